The van der Waals surface area contributed by atoms with Crippen LogP contribution in [0.5, 0.6) is 0 Å². The number of hydroxylamine groups is 2. The van der Waals surface area contributed by atoms with Gasteiger partial charge in [-0.2, -0.15) is 0 Å². The van der Waals surface area contributed by atoms with E-state index in [1.165, 1.54) is 29.2 Å². The number of nitrogens with one attached hydrogen (secondary N) is 2. The number of halogens is 1. The Morgan fingerprint density at radius 1 is 1.13 bits per heavy atom. The second kappa shape index (κ2) is 4.87. The van der Waals surface area contributed by atoms with E-state index in [1.807, 2.05) is 0 Å². The van der Waals surface area contributed by atoms with Crippen LogP contribution in [0, 0.1) is 0 Å². The van der Waals surface area contributed by atoms with E-state index in [0.29, 0.717) is 4.47 Å². The summed E-state index contributed by atoms with van der Waals surface area (Å²) in [6, 6.07) is 4.01. The SMILES string of the molecule is O=C(NO)c1ccc(C(=O)NO)c(Br)c1. The minimum absolute atomic E-state index is 0.173. The van der Waals surface area contributed by atoms with Gasteiger partial charge in [0.25, 0.3) is 11.8 Å². The Balaban J connectivity index is 3.08. The molecule has 0 aliphatic rings. The monoisotopic (exact) mass is 274 g/mol. The third-order valence-corrected chi connectivity index (χ3v) is 2.34. The highest BCUT2D eigenvalue weighted by Gasteiger charge is 2.12. The Morgan fingerprint density at radius 3 is 2.20 bits per heavy atom. The maximum Gasteiger partial charge on any atom is 0.275 e. The van der Waals surface area contributed by atoms with Gasteiger partial charge in [-0.15, -0.1) is 0 Å². The van der Waals surface area contributed by atoms with Gasteiger partial charge in [0.2, 0.25) is 0 Å². The molecule has 1 rings (SSSR count). The Hall–Kier alpha value is -1.44. The predicted octanol–water partition coefficient (Wildman–Crippen LogP) is 0.687. The van der Waals surface area contributed by atoms with Gasteiger partial charge in [0.05, 0.1) is 5.56 Å². The minimum Gasteiger partial charge on any atom is -0.288 e. The largest absolute Gasteiger partial charge is 0.288 e. The normalized spacial score (nSPS) is 9.53. The Bertz CT molecular complexity index is 408. The van der Waals surface area contributed by atoms with Crippen molar-refractivity contribution in [3.63, 3.8) is 0 Å². The van der Waals surface area contributed by atoms with Gasteiger partial charge in [-0.25, -0.2) is 11.0 Å². The molecule has 0 unspecified atom stereocenters. The van der Waals surface area contributed by atoms with Crippen molar-refractivity contribution in [2.24, 2.45) is 0 Å². The molecule has 0 aliphatic carbocycles. The van der Waals surface area contributed by atoms with Crippen LogP contribution in [0.1, 0.15) is 20.7 Å². The standard InChI is InChI=1S/C8H7BrN2O4/c9-6-3-4(7(12)10-14)1-2-5(6)8(13)11-15/h1-3,14-15H,(H,10,12)(H,11,13). The molecular formula is C8H7BrN2O4. The molecule has 1 aromatic carbocycles. The van der Waals surface area contributed by atoms with Gasteiger partial charge < -0.3 is 0 Å². The van der Waals surface area contributed by atoms with Crippen LogP contribution >= 0.6 is 15.9 Å². The van der Waals surface area contributed by atoms with E-state index in [9.17, 15) is 9.59 Å². The minimum atomic E-state index is -0.696. The van der Waals surface area contributed by atoms with Crippen LogP contribution in [-0.2, 0) is 0 Å². The van der Waals surface area contributed by atoms with Crippen LogP contribution in [0.3, 0.4) is 0 Å². The molecule has 0 bridgehead atoms. The molecule has 4 N–H and O–H groups in total. The summed E-state index contributed by atoms with van der Waals surface area (Å²) in [4.78, 5) is 22.0. The smallest absolute Gasteiger partial charge is 0.275 e. The predicted molar refractivity (Wildman–Crippen MR) is 52.6 cm³/mol. The first-order valence-electron chi connectivity index (χ1n) is 3.78. The lowest BCUT2D eigenvalue weighted by Crippen LogP contribution is -2.21. The number of rotatable bonds is 2. The van der Waals surface area contributed by atoms with E-state index in [0.717, 1.165) is 0 Å². The van der Waals surface area contributed by atoms with Crippen LogP contribution < -0.4 is 11.0 Å². The zero-order valence-corrected chi connectivity index (χ0v) is 8.91. The maximum atomic E-state index is 11.0. The number of amides is 2. The number of carbonyl (C=O) groups excluding carboxylic acids is 2. The lowest BCUT2D eigenvalue weighted by atomic mass is 10.1. The topological polar surface area (TPSA) is 98.7 Å². The van der Waals surface area contributed by atoms with Crippen molar-refractivity contribution in [3.8, 4) is 0 Å². The summed E-state index contributed by atoms with van der Waals surface area (Å²) in [5, 5.41) is 16.8. The third kappa shape index (κ3) is 2.52. The third-order valence-electron chi connectivity index (χ3n) is 1.68. The van der Waals surface area contributed by atoms with E-state index in [1.54, 1.807) is 0 Å². The zero-order chi connectivity index (χ0) is 11.4. The summed E-state index contributed by atoms with van der Waals surface area (Å²) in [5.41, 5.74) is 3.28. The summed E-state index contributed by atoms with van der Waals surface area (Å²) >= 11 is 3.05. The summed E-state index contributed by atoms with van der Waals surface area (Å²) in [6.07, 6.45) is 0. The highest BCUT2D eigenvalue weighted by atomic mass is 79.9. The molecular weight excluding hydrogens is 268 g/mol. The second-order valence-corrected chi connectivity index (χ2v) is 3.43. The summed E-state index contributed by atoms with van der Waals surface area (Å²) in [5.74, 6) is -1.38. The molecule has 0 radical (unpaired) electrons. The number of hydrogen-bond donors (Lipinski definition) is 4. The van der Waals surface area contributed by atoms with E-state index < -0.39 is 11.8 Å². The fraction of sp³-hybridized carbons (Fsp3) is 0. The van der Waals surface area contributed by atoms with Crippen molar-refractivity contribution in [2.45, 2.75) is 0 Å². The first-order valence-corrected chi connectivity index (χ1v) is 4.58. The fourth-order valence-corrected chi connectivity index (χ4v) is 1.52. The van der Waals surface area contributed by atoms with Crippen molar-refractivity contribution in [1.29, 1.82) is 0 Å². The van der Waals surface area contributed by atoms with Crippen LogP contribution in [0.4, 0.5) is 0 Å². The Labute approximate surface area is 92.9 Å². The van der Waals surface area contributed by atoms with Gasteiger partial charge in [0.15, 0.2) is 0 Å². The average molecular weight is 275 g/mol. The van der Waals surface area contributed by atoms with Crippen LogP contribution in [-0.4, -0.2) is 22.2 Å². The molecule has 0 fully saturated rings. The Morgan fingerprint density at radius 2 is 1.73 bits per heavy atom. The van der Waals surface area contributed by atoms with Crippen molar-refractivity contribution in [3.05, 3.63) is 33.8 Å². The highest BCUT2D eigenvalue weighted by molar-refractivity contribution is 9.10. The molecule has 0 aliphatic heterocycles. The molecule has 15 heavy (non-hydrogen) atoms. The molecule has 2 amide bonds. The van der Waals surface area contributed by atoms with E-state index in [4.69, 9.17) is 10.4 Å². The lowest BCUT2D eigenvalue weighted by Gasteiger charge is -2.04. The quantitative estimate of drug-likeness (QED) is 0.471. The van der Waals surface area contributed by atoms with Gasteiger partial charge in [-0.1, -0.05) is 0 Å². The first-order chi connectivity index (χ1) is 7.10. The molecule has 7 heteroatoms. The summed E-state index contributed by atoms with van der Waals surface area (Å²) in [6.45, 7) is 0. The van der Waals surface area contributed by atoms with Gasteiger partial charge >= 0.3 is 0 Å². The molecule has 0 spiro atoms. The van der Waals surface area contributed by atoms with Gasteiger partial charge in [0, 0.05) is 10.0 Å². The second-order valence-electron chi connectivity index (χ2n) is 2.58. The van der Waals surface area contributed by atoms with Crippen LogP contribution in [0.2, 0.25) is 0 Å². The van der Waals surface area contributed by atoms with Crippen molar-refractivity contribution < 1.29 is 20.0 Å². The number of carbonyl (C=O) groups is 2. The molecule has 0 saturated heterocycles. The molecule has 0 saturated carbocycles. The van der Waals surface area contributed by atoms with Gasteiger partial charge in [0.1, 0.15) is 0 Å². The fourth-order valence-electron chi connectivity index (χ4n) is 0.965. The molecule has 0 heterocycles. The van der Waals surface area contributed by atoms with Crippen molar-refractivity contribution in [2.75, 3.05) is 0 Å². The average Bonchev–Trinajstić information content (AvgIpc) is 2.26. The number of hydrogen-bond acceptors (Lipinski definition) is 4. The first kappa shape index (κ1) is 11.6. The highest BCUT2D eigenvalue weighted by Crippen LogP contribution is 2.18. The lowest BCUT2D eigenvalue weighted by molar-refractivity contribution is 0.0697. The van der Waals surface area contributed by atoms with Crippen LogP contribution in [0.25, 0.3) is 0 Å². The van der Waals surface area contributed by atoms with Gasteiger partial charge in [-0.3, -0.25) is 20.0 Å². The van der Waals surface area contributed by atoms with E-state index in [-0.39, 0.29) is 11.1 Å². The number of benzene rings is 1. The van der Waals surface area contributed by atoms with Crippen molar-refractivity contribution in [1.82, 2.24) is 11.0 Å². The van der Waals surface area contributed by atoms with E-state index >= 15 is 0 Å². The molecule has 80 valence electrons. The molecule has 1 aromatic rings. The van der Waals surface area contributed by atoms with Crippen LogP contribution in [0.15, 0.2) is 22.7 Å². The van der Waals surface area contributed by atoms with Crippen molar-refractivity contribution >= 4 is 27.7 Å². The maximum absolute atomic E-state index is 11.0. The summed E-state index contributed by atoms with van der Waals surface area (Å²) in [7, 11) is 0. The molecule has 0 atom stereocenters. The molecule has 6 nitrogen and oxygen atoms in total. The van der Waals surface area contributed by atoms with Gasteiger partial charge in [-0.05, 0) is 34.1 Å². The zero-order valence-electron chi connectivity index (χ0n) is 7.32. The molecule has 0 aromatic heterocycles. The Kier molecular flexibility index (Phi) is 3.78. The summed E-state index contributed by atoms with van der Waals surface area (Å²) < 4.78 is 0.329. The van der Waals surface area contributed by atoms with E-state index in [2.05, 4.69) is 15.9 Å².